The molecule has 0 N–H and O–H groups in total. The van der Waals surface area contributed by atoms with E-state index in [0.29, 0.717) is 28.2 Å². The Balaban J connectivity index is 2.35. The van der Waals surface area contributed by atoms with E-state index in [0.717, 1.165) is 11.3 Å². The summed E-state index contributed by atoms with van der Waals surface area (Å²) < 4.78 is 11.7. The van der Waals surface area contributed by atoms with Gasteiger partial charge in [-0.25, -0.2) is 0 Å². The maximum Gasteiger partial charge on any atom is 0.265 e. The van der Waals surface area contributed by atoms with Gasteiger partial charge < -0.3 is 9.47 Å². The van der Waals surface area contributed by atoms with Gasteiger partial charge in [-0.15, -0.1) is 0 Å². The predicted molar refractivity (Wildman–Crippen MR) is 89.7 cm³/mol. The van der Waals surface area contributed by atoms with E-state index in [1.807, 2.05) is 38.1 Å². The van der Waals surface area contributed by atoms with Crippen LogP contribution in [-0.2, 0) is 4.79 Å². The fraction of sp³-hybridized carbons (Fsp3) is 0.333. The molecule has 0 saturated carbocycles. The molecule has 1 aliphatic heterocycles. The third-order valence-corrected chi connectivity index (χ3v) is 4.35. The van der Waals surface area contributed by atoms with E-state index in [-0.39, 0.29) is 5.91 Å². The Labute approximate surface area is 134 Å². The minimum Gasteiger partial charge on any atom is -0.494 e. The summed E-state index contributed by atoms with van der Waals surface area (Å²) in [5.74, 6) is 1.37. The van der Waals surface area contributed by atoms with Crippen LogP contribution >= 0.6 is 24.0 Å². The number of carbonyl (C=O) groups is 1. The highest BCUT2D eigenvalue weighted by atomic mass is 32.2. The Morgan fingerprint density at radius 2 is 2.00 bits per heavy atom. The molecule has 0 bridgehead atoms. The molecular formula is C15H17NO3S2. The number of thioether (sulfide) groups is 1. The molecule has 0 atom stereocenters. The van der Waals surface area contributed by atoms with Crippen LogP contribution in [0.5, 0.6) is 11.5 Å². The van der Waals surface area contributed by atoms with Crippen molar-refractivity contribution in [1.82, 2.24) is 4.90 Å². The van der Waals surface area contributed by atoms with E-state index < -0.39 is 0 Å². The molecule has 0 aliphatic carbocycles. The summed E-state index contributed by atoms with van der Waals surface area (Å²) in [7, 11) is 1.68. The van der Waals surface area contributed by atoms with Crippen molar-refractivity contribution in [2.24, 2.45) is 0 Å². The molecule has 6 heteroatoms. The summed E-state index contributed by atoms with van der Waals surface area (Å²) >= 11 is 6.43. The Bertz CT molecular complexity index is 599. The number of nitrogens with zero attached hydrogens (tertiary/aromatic N) is 1. The topological polar surface area (TPSA) is 38.8 Å². The normalized spacial score (nSPS) is 16.7. The average Bonchev–Trinajstić information content (AvgIpc) is 2.70. The number of ether oxygens (including phenoxy) is 2. The van der Waals surface area contributed by atoms with Crippen molar-refractivity contribution in [3.8, 4) is 11.5 Å². The molecule has 2 rings (SSSR count). The molecule has 1 amide bonds. The minimum absolute atomic E-state index is 0.0821. The van der Waals surface area contributed by atoms with Crippen molar-refractivity contribution in [1.29, 1.82) is 0 Å². The molecule has 0 radical (unpaired) electrons. The molecule has 1 aromatic carbocycles. The fourth-order valence-corrected chi connectivity index (χ4v) is 3.03. The summed E-state index contributed by atoms with van der Waals surface area (Å²) in [6.07, 6.45) is 1.81. The second kappa shape index (κ2) is 6.95. The third-order valence-electron chi connectivity index (χ3n) is 2.87. The van der Waals surface area contributed by atoms with Gasteiger partial charge in [-0.05, 0) is 32.1 Å². The van der Waals surface area contributed by atoms with Gasteiger partial charge in [-0.3, -0.25) is 9.69 Å². The molecule has 0 spiro atoms. The summed E-state index contributed by atoms with van der Waals surface area (Å²) in [5, 5.41) is 0. The molecule has 112 valence electrons. The first-order valence-corrected chi connectivity index (χ1v) is 7.90. The highest BCUT2D eigenvalue weighted by molar-refractivity contribution is 8.26. The first kappa shape index (κ1) is 15.9. The van der Waals surface area contributed by atoms with Crippen LogP contribution in [0, 0.1) is 0 Å². The van der Waals surface area contributed by atoms with Gasteiger partial charge >= 0.3 is 0 Å². The number of carbonyl (C=O) groups excluding carboxylic acids is 1. The van der Waals surface area contributed by atoms with Gasteiger partial charge in [0.1, 0.15) is 15.8 Å². The molecule has 21 heavy (non-hydrogen) atoms. The minimum atomic E-state index is -0.0821. The number of hydrogen-bond acceptors (Lipinski definition) is 5. The zero-order valence-corrected chi connectivity index (χ0v) is 13.8. The summed E-state index contributed by atoms with van der Waals surface area (Å²) in [6.45, 7) is 4.99. The van der Waals surface area contributed by atoms with Crippen LogP contribution in [-0.4, -0.2) is 35.4 Å². The van der Waals surface area contributed by atoms with E-state index in [9.17, 15) is 4.79 Å². The molecule has 1 saturated heterocycles. The second-order valence-electron chi connectivity index (χ2n) is 4.31. The van der Waals surface area contributed by atoms with E-state index >= 15 is 0 Å². The van der Waals surface area contributed by atoms with Crippen LogP contribution in [0.15, 0.2) is 23.1 Å². The molecule has 1 aromatic rings. The number of amides is 1. The Kier molecular flexibility index (Phi) is 5.25. The first-order valence-electron chi connectivity index (χ1n) is 6.68. The predicted octanol–water partition coefficient (Wildman–Crippen LogP) is 3.32. The summed E-state index contributed by atoms with van der Waals surface area (Å²) in [4.78, 5) is 14.1. The van der Waals surface area contributed by atoms with Gasteiger partial charge in [0.25, 0.3) is 5.91 Å². The van der Waals surface area contributed by atoms with Gasteiger partial charge in [0.2, 0.25) is 0 Å². The number of benzene rings is 1. The van der Waals surface area contributed by atoms with Crippen molar-refractivity contribution in [3.63, 3.8) is 0 Å². The largest absolute Gasteiger partial charge is 0.494 e. The highest BCUT2D eigenvalue weighted by Gasteiger charge is 2.28. The third kappa shape index (κ3) is 3.57. The SMILES string of the molecule is CCOc1ccc(/C=C2/SC(=S)N(C)C2=O)c(OCC)c1. The van der Waals surface area contributed by atoms with Gasteiger partial charge in [-0.1, -0.05) is 24.0 Å². The lowest BCUT2D eigenvalue weighted by Gasteiger charge is -2.10. The Hall–Kier alpha value is -1.53. The lowest BCUT2D eigenvalue weighted by atomic mass is 10.1. The van der Waals surface area contributed by atoms with Crippen molar-refractivity contribution >= 4 is 40.3 Å². The molecule has 0 unspecified atom stereocenters. The Morgan fingerprint density at radius 3 is 2.57 bits per heavy atom. The van der Waals surface area contributed by atoms with E-state index in [1.165, 1.54) is 16.7 Å². The quantitative estimate of drug-likeness (QED) is 0.614. The number of hydrogen-bond donors (Lipinski definition) is 0. The van der Waals surface area contributed by atoms with E-state index in [4.69, 9.17) is 21.7 Å². The maximum absolute atomic E-state index is 12.0. The van der Waals surface area contributed by atoms with E-state index in [2.05, 4.69) is 0 Å². The van der Waals surface area contributed by atoms with Crippen LogP contribution < -0.4 is 9.47 Å². The standard InChI is InChI=1S/C15H17NO3S2/c1-4-18-11-7-6-10(12(9-11)19-5-2)8-13-14(17)16(3)15(20)21-13/h6-9H,4-5H2,1-3H3/b13-8+. The van der Waals surface area contributed by atoms with Gasteiger partial charge in [0.05, 0.1) is 18.1 Å². The zero-order chi connectivity index (χ0) is 15.4. The van der Waals surface area contributed by atoms with Crippen molar-refractivity contribution < 1.29 is 14.3 Å². The molecule has 1 fully saturated rings. The fourth-order valence-electron chi connectivity index (χ4n) is 1.86. The zero-order valence-electron chi connectivity index (χ0n) is 12.2. The number of likely N-dealkylation sites (N-methyl/N-ethyl adjacent to an activating group) is 1. The lowest BCUT2D eigenvalue weighted by molar-refractivity contribution is -0.121. The van der Waals surface area contributed by atoms with Crippen LogP contribution in [0.2, 0.25) is 0 Å². The maximum atomic E-state index is 12.0. The summed E-state index contributed by atoms with van der Waals surface area (Å²) in [5.41, 5.74) is 0.842. The Morgan fingerprint density at radius 1 is 1.29 bits per heavy atom. The smallest absolute Gasteiger partial charge is 0.265 e. The van der Waals surface area contributed by atoms with Crippen molar-refractivity contribution in [3.05, 3.63) is 28.7 Å². The number of thiocarbonyl (C=S) groups is 1. The van der Waals surface area contributed by atoms with Gasteiger partial charge in [0, 0.05) is 18.7 Å². The number of rotatable bonds is 5. The molecule has 4 nitrogen and oxygen atoms in total. The lowest BCUT2D eigenvalue weighted by Crippen LogP contribution is -2.22. The molecule has 0 aromatic heterocycles. The van der Waals surface area contributed by atoms with Crippen molar-refractivity contribution in [2.75, 3.05) is 20.3 Å². The molecule has 1 aliphatic rings. The van der Waals surface area contributed by atoms with Gasteiger partial charge in [-0.2, -0.15) is 0 Å². The summed E-state index contributed by atoms with van der Waals surface area (Å²) in [6, 6.07) is 5.59. The van der Waals surface area contributed by atoms with Crippen LogP contribution in [0.1, 0.15) is 19.4 Å². The second-order valence-corrected chi connectivity index (χ2v) is 5.98. The van der Waals surface area contributed by atoms with Crippen molar-refractivity contribution in [2.45, 2.75) is 13.8 Å². The van der Waals surface area contributed by atoms with Crippen LogP contribution in [0.25, 0.3) is 6.08 Å². The van der Waals surface area contributed by atoms with Gasteiger partial charge in [0.15, 0.2) is 0 Å². The monoisotopic (exact) mass is 323 g/mol. The van der Waals surface area contributed by atoms with Crippen LogP contribution in [0.3, 0.4) is 0 Å². The first-order chi connectivity index (χ1) is 10.1. The average molecular weight is 323 g/mol. The highest BCUT2D eigenvalue weighted by Crippen LogP contribution is 2.34. The van der Waals surface area contributed by atoms with E-state index in [1.54, 1.807) is 7.05 Å². The van der Waals surface area contributed by atoms with Crippen LogP contribution in [0.4, 0.5) is 0 Å². The molecular weight excluding hydrogens is 306 g/mol. The molecule has 1 heterocycles.